The van der Waals surface area contributed by atoms with Crippen LogP contribution in [0.4, 0.5) is 0 Å². The molecule has 0 spiro atoms. The van der Waals surface area contributed by atoms with Gasteiger partial charge in [-0.15, -0.1) is 12.4 Å². The van der Waals surface area contributed by atoms with Gasteiger partial charge in [0.15, 0.2) is 0 Å². The van der Waals surface area contributed by atoms with Crippen LogP contribution in [0.2, 0.25) is 0 Å². The fourth-order valence-corrected chi connectivity index (χ4v) is 2.05. The molecule has 0 amide bonds. The van der Waals surface area contributed by atoms with Gasteiger partial charge in [0.2, 0.25) is 0 Å². The van der Waals surface area contributed by atoms with Crippen molar-refractivity contribution in [1.82, 2.24) is 4.90 Å². The molecule has 0 aromatic heterocycles. The van der Waals surface area contributed by atoms with Gasteiger partial charge in [-0.1, -0.05) is 28.1 Å². The lowest BCUT2D eigenvalue weighted by atomic mass is 10.2. The molecule has 1 aliphatic heterocycles. The van der Waals surface area contributed by atoms with Crippen LogP contribution in [0.3, 0.4) is 0 Å². The summed E-state index contributed by atoms with van der Waals surface area (Å²) in [7, 11) is 0. The van der Waals surface area contributed by atoms with Crippen LogP contribution >= 0.6 is 28.3 Å². The predicted octanol–water partition coefficient (Wildman–Crippen LogP) is 3.47. The van der Waals surface area contributed by atoms with Crippen molar-refractivity contribution in [2.24, 2.45) is 0 Å². The molecule has 3 heteroatoms. The lowest BCUT2D eigenvalue weighted by molar-refractivity contribution is 0.331. The highest BCUT2D eigenvalue weighted by atomic mass is 79.9. The zero-order valence-electron chi connectivity index (χ0n) is 8.08. The van der Waals surface area contributed by atoms with E-state index in [0.29, 0.717) is 0 Å². The molecule has 1 nitrogen and oxygen atoms in total. The number of hydrogen-bond acceptors (Lipinski definition) is 1. The Morgan fingerprint density at radius 1 is 1.07 bits per heavy atom. The van der Waals surface area contributed by atoms with Gasteiger partial charge < -0.3 is 0 Å². The molecular weight excluding hydrogens is 261 g/mol. The van der Waals surface area contributed by atoms with Crippen LogP contribution in [-0.4, -0.2) is 18.0 Å². The topological polar surface area (TPSA) is 3.24 Å². The Morgan fingerprint density at radius 2 is 1.64 bits per heavy atom. The largest absolute Gasteiger partial charge is 0.299 e. The Hall–Kier alpha value is -0.0500. The van der Waals surface area contributed by atoms with Crippen molar-refractivity contribution in [2.45, 2.75) is 19.4 Å². The van der Waals surface area contributed by atoms with Gasteiger partial charge in [-0.25, -0.2) is 0 Å². The molecule has 1 heterocycles. The van der Waals surface area contributed by atoms with Crippen LogP contribution in [0.25, 0.3) is 0 Å². The van der Waals surface area contributed by atoms with Gasteiger partial charge >= 0.3 is 0 Å². The molecule has 0 radical (unpaired) electrons. The number of likely N-dealkylation sites (tertiary alicyclic amines) is 1. The summed E-state index contributed by atoms with van der Waals surface area (Å²) in [5.41, 5.74) is 1.42. The second kappa shape index (κ2) is 5.74. The first-order valence-electron chi connectivity index (χ1n) is 4.81. The molecule has 0 unspecified atom stereocenters. The Kier molecular flexibility index (Phi) is 4.93. The average Bonchev–Trinajstić information content (AvgIpc) is 2.62. The van der Waals surface area contributed by atoms with Crippen LogP contribution in [0.1, 0.15) is 18.4 Å². The van der Waals surface area contributed by atoms with E-state index in [0.717, 1.165) is 11.0 Å². The molecule has 0 bridgehead atoms. The molecule has 14 heavy (non-hydrogen) atoms. The second-order valence-corrected chi connectivity index (χ2v) is 4.53. The first kappa shape index (κ1) is 12.0. The van der Waals surface area contributed by atoms with Crippen molar-refractivity contribution in [2.75, 3.05) is 13.1 Å². The molecule has 1 aromatic carbocycles. The van der Waals surface area contributed by atoms with Crippen LogP contribution < -0.4 is 0 Å². The van der Waals surface area contributed by atoms with Gasteiger partial charge in [-0.3, -0.25) is 4.90 Å². The predicted molar refractivity (Wildman–Crippen MR) is 65.9 cm³/mol. The standard InChI is InChI=1S/C11H14BrN.ClH/c12-11-5-3-10(4-6-11)9-13-7-1-2-8-13;/h3-6H,1-2,7-9H2;1H. The summed E-state index contributed by atoms with van der Waals surface area (Å²) in [5.74, 6) is 0. The Labute approximate surface area is 100 Å². The van der Waals surface area contributed by atoms with Crippen molar-refractivity contribution >= 4 is 28.3 Å². The van der Waals surface area contributed by atoms with E-state index in [4.69, 9.17) is 0 Å². The summed E-state index contributed by atoms with van der Waals surface area (Å²) in [6.45, 7) is 3.67. The van der Waals surface area contributed by atoms with Crippen molar-refractivity contribution < 1.29 is 0 Å². The van der Waals surface area contributed by atoms with Gasteiger partial charge in [0.05, 0.1) is 0 Å². The minimum atomic E-state index is 0. The van der Waals surface area contributed by atoms with E-state index in [2.05, 4.69) is 45.1 Å². The Balaban J connectivity index is 0.000000980. The third kappa shape index (κ3) is 3.26. The molecule has 0 saturated carbocycles. The lowest BCUT2D eigenvalue weighted by Gasteiger charge is -2.14. The zero-order chi connectivity index (χ0) is 9.10. The fraction of sp³-hybridized carbons (Fsp3) is 0.455. The van der Waals surface area contributed by atoms with Gasteiger partial charge in [0, 0.05) is 11.0 Å². The van der Waals surface area contributed by atoms with E-state index in [1.54, 1.807) is 0 Å². The SMILES string of the molecule is Brc1ccc(CN2CCCC2)cc1.Cl. The van der Waals surface area contributed by atoms with E-state index in [9.17, 15) is 0 Å². The Morgan fingerprint density at radius 3 is 2.21 bits per heavy atom. The maximum Gasteiger partial charge on any atom is 0.0233 e. The number of halogens is 2. The van der Waals surface area contributed by atoms with Gasteiger partial charge in [0.1, 0.15) is 0 Å². The third-order valence-electron chi connectivity index (χ3n) is 2.52. The number of nitrogens with zero attached hydrogens (tertiary/aromatic N) is 1. The molecule has 0 atom stereocenters. The zero-order valence-corrected chi connectivity index (χ0v) is 10.5. The van der Waals surface area contributed by atoms with Crippen LogP contribution in [0.15, 0.2) is 28.7 Å². The first-order valence-corrected chi connectivity index (χ1v) is 5.61. The third-order valence-corrected chi connectivity index (χ3v) is 3.05. The normalized spacial score (nSPS) is 16.6. The van der Waals surface area contributed by atoms with Gasteiger partial charge in [-0.2, -0.15) is 0 Å². The second-order valence-electron chi connectivity index (χ2n) is 3.61. The van der Waals surface area contributed by atoms with Gasteiger partial charge in [0.25, 0.3) is 0 Å². The van der Waals surface area contributed by atoms with E-state index < -0.39 is 0 Å². The number of benzene rings is 1. The van der Waals surface area contributed by atoms with E-state index >= 15 is 0 Å². The van der Waals surface area contributed by atoms with E-state index in [1.807, 2.05) is 0 Å². The summed E-state index contributed by atoms with van der Waals surface area (Å²) in [6, 6.07) is 8.63. The highest BCUT2D eigenvalue weighted by Gasteiger charge is 2.10. The van der Waals surface area contributed by atoms with Crippen LogP contribution in [0, 0.1) is 0 Å². The van der Waals surface area contributed by atoms with Crippen molar-refractivity contribution in [3.63, 3.8) is 0 Å². The maximum absolute atomic E-state index is 3.44. The highest BCUT2D eigenvalue weighted by Crippen LogP contribution is 2.15. The maximum atomic E-state index is 3.44. The molecule has 1 saturated heterocycles. The molecule has 1 fully saturated rings. The van der Waals surface area contributed by atoms with Crippen molar-refractivity contribution in [1.29, 1.82) is 0 Å². The Bertz CT molecular complexity index is 267. The molecule has 1 aliphatic rings. The summed E-state index contributed by atoms with van der Waals surface area (Å²) < 4.78 is 1.16. The number of rotatable bonds is 2. The molecule has 0 aliphatic carbocycles. The number of hydrogen-bond donors (Lipinski definition) is 0. The lowest BCUT2D eigenvalue weighted by Crippen LogP contribution is -2.18. The van der Waals surface area contributed by atoms with Gasteiger partial charge in [-0.05, 0) is 43.6 Å². The minimum absolute atomic E-state index is 0. The summed E-state index contributed by atoms with van der Waals surface area (Å²) in [4.78, 5) is 2.52. The summed E-state index contributed by atoms with van der Waals surface area (Å²) >= 11 is 3.44. The molecule has 1 aromatic rings. The van der Waals surface area contributed by atoms with E-state index in [-0.39, 0.29) is 12.4 Å². The molecule has 0 N–H and O–H groups in total. The van der Waals surface area contributed by atoms with Crippen molar-refractivity contribution in [3.8, 4) is 0 Å². The molecule has 2 rings (SSSR count). The molecular formula is C11H15BrClN. The minimum Gasteiger partial charge on any atom is -0.299 e. The summed E-state index contributed by atoms with van der Waals surface area (Å²) in [5, 5.41) is 0. The van der Waals surface area contributed by atoms with E-state index in [1.165, 1.54) is 31.5 Å². The first-order chi connectivity index (χ1) is 6.34. The average molecular weight is 277 g/mol. The highest BCUT2D eigenvalue weighted by molar-refractivity contribution is 9.10. The fourth-order valence-electron chi connectivity index (χ4n) is 1.79. The van der Waals surface area contributed by atoms with Crippen LogP contribution in [0.5, 0.6) is 0 Å². The monoisotopic (exact) mass is 275 g/mol. The summed E-state index contributed by atoms with van der Waals surface area (Å²) in [6.07, 6.45) is 2.74. The van der Waals surface area contributed by atoms with Crippen molar-refractivity contribution in [3.05, 3.63) is 34.3 Å². The molecule has 78 valence electrons. The quantitative estimate of drug-likeness (QED) is 0.799. The smallest absolute Gasteiger partial charge is 0.0233 e. The van der Waals surface area contributed by atoms with Crippen LogP contribution in [-0.2, 0) is 6.54 Å².